The number of hydrogen-bond acceptors (Lipinski definition) is 5. The van der Waals surface area contributed by atoms with Crippen molar-refractivity contribution in [3.8, 4) is 11.5 Å². The van der Waals surface area contributed by atoms with Crippen molar-refractivity contribution in [1.29, 1.82) is 0 Å². The van der Waals surface area contributed by atoms with Gasteiger partial charge in [-0.3, -0.25) is 9.48 Å². The van der Waals surface area contributed by atoms with E-state index in [0.717, 1.165) is 24.3 Å². The molecule has 0 aliphatic carbocycles. The first-order chi connectivity index (χ1) is 12.9. The zero-order chi connectivity index (χ0) is 20.0. The van der Waals surface area contributed by atoms with Crippen molar-refractivity contribution in [2.24, 2.45) is 5.92 Å². The van der Waals surface area contributed by atoms with E-state index in [2.05, 4.69) is 36.5 Å². The first-order valence-corrected chi connectivity index (χ1v) is 9.27. The second-order valence-corrected chi connectivity index (χ2v) is 6.93. The fraction of sp³-hybridized carbons (Fsp3) is 0.474. The van der Waals surface area contributed by atoms with Crippen LogP contribution in [0.25, 0.3) is 0 Å². The van der Waals surface area contributed by atoms with Gasteiger partial charge >= 0.3 is 0 Å². The minimum atomic E-state index is -0.215. The summed E-state index contributed by atoms with van der Waals surface area (Å²) in [5.74, 6) is 1.24. The Labute approximate surface area is 165 Å². The number of hydrogen-bond donors (Lipinski definition) is 2. The van der Waals surface area contributed by atoms with E-state index < -0.39 is 0 Å². The highest BCUT2D eigenvalue weighted by molar-refractivity contribution is 6.32. The number of anilines is 2. The van der Waals surface area contributed by atoms with Crippen LogP contribution in [-0.2, 0) is 17.8 Å². The van der Waals surface area contributed by atoms with E-state index in [4.69, 9.17) is 21.1 Å². The number of amides is 1. The van der Waals surface area contributed by atoms with Crippen LogP contribution in [0.15, 0.2) is 18.3 Å². The number of rotatable bonds is 9. The Kier molecular flexibility index (Phi) is 7.36. The van der Waals surface area contributed by atoms with Gasteiger partial charge in [-0.15, -0.1) is 0 Å². The molecule has 1 aromatic carbocycles. The average Bonchev–Trinajstić information content (AvgIpc) is 3.01. The lowest BCUT2D eigenvalue weighted by Gasteiger charge is -2.14. The largest absolute Gasteiger partial charge is 0.495 e. The van der Waals surface area contributed by atoms with Crippen LogP contribution in [0.4, 0.5) is 11.4 Å². The molecule has 2 rings (SSSR count). The van der Waals surface area contributed by atoms with Crippen LogP contribution in [0, 0.1) is 5.92 Å². The molecule has 2 aromatic rings. The molecular weight excluding hydrogens is 368 g/mol. The molecule has 27 heavy (non-hydrogen) atoms. The molecule has 1 aromatic heterocycles. The van der Waals surface area contributed by atoms with E-state index in [1.165, 1.54) is 14.2 Å². The Bertz CT molecular complexity index is 790. The second kappa shape index (κ2) is 9.50. The number of benzene rings is 1. The van der Waals surface area contributed by atoms with Crippen molar-refractivity contribution in [3.05, 3.63) is 29.0 Å². The van der Waals surface area contributed by atoms with E-state index >= 15 is 0 Å². The number of carbonyl (C=O) groups is 1. The Balaban J connectivity index is 2.05. The van der Waals surface area contributed by atoms with E-state index in [1.807, 2.05) is 4.68 Å². The molecule has 0 spiro atoms. The van der Waals surface area contributed by atoms with Crippen LogP contribution in [0.3, 0.4) is 0 Å². The first-order valence-electron chi connectivity index (χ1n) is 8.89. The van der Waals surface area contributed by atoms with Gasteiger partial charge in [0.25, 0.3) is 0 Å². The van der Waals surface area contributed by atoms with Crippen molar-refractivity contribution < 1.29 is 14.3 Å². The second-order valence-electron chi connectivity index (χ2n) is 6.52. The highest BCUT2D eigenvalue weighted by Crippen LogP contribution is 2.35. The van der Waals surface area contributed by atoms with E-state index in [9.17, 15) is 4.79 Å². The summed E-state index contributed by atoms with van der Waals surface area (Å²) in [7, 11) is 3.04. The number of nitrogens with zero attached hydrogens (tertiary/aromatic N) is 2. The summed E-state index contributed by atoms with van der Waals surface area (Å²) in [6.45, 7) is 7.32. The lowest BCUT2D eigenvalue weighted by atomic mass is 10.2. The van der Waals surface area contributed by atoms with Gasteiger partial charge in [0.05, 0.1) is 49.1 Å². The van der Waals surface area contributed by atoms with Gasteiger partial charge in [-0.2, -0.15) is 5.10 Å². The lowest BCUT2D eigenvalue weighted by molar-refractivity contribution is -0.114. The number of methoxy groups -OCH3 is 2. The molecule has 1 heterocycles. The van der Waals surface area contributed by atoms with Gasteiger partial charge in [0.2, 0.25) is 5.91 Å². The number of aromatic nitrogens is 2. The van der Waals surface area contributed by atoms with E-state index in [-0.39, 0.29) is 12.5 Å². The molecule has 0 unspecified atom stereocenters. The summed E-state index contributed by atoms with van der Waals surface area (Å²) < 4.78 is 12.4. The Morgan fingerprint density at radius 2 is 1.93 bits per heavy atom. The minimum absolute atomic E-state index is 0.104. The average molecular weight is 395 g/mol. The number of nitrogens with one attached hydrogen (secondary N) is 2. The molecule has 0 saturated carbocycles. The van der Waals surface area contributed by atoms with E-state index in [0.29, 0.717) is 28.1 Å². The molecular formula is C19H27ClN4O3. The standard InChI is InChI=1S/C19H27ClN4O3/c1-6-16-15(9-22-24(16)11-12(2)3)21-10-19(25)23-14-7-13(20)17(26-4)8-18(14)27-5/h7-9,12,21H,6,10-11H2,1-5H3,(H,23,25). The normalized spacial score (nSPS) is 10.8. The minimum Gasteiger partial charge on any atom is -0.495 e. The molecule has 0 radical (unpaired) electrons. The maximum absolute atomic E-state index is 12.4. The van der Waals surface area contributed by atoms with Gasteiger partial charge in [-0.1, -0.05) is 32.4 Å². The summed E-state index contributed by atoms with van der Waals surface area (Å²) >= 11 is 6.14. The number of ether oxygens (including phenoxy) is 2. The van der Waals surface area contributed by atoms with Crippen LogP contribution in [0.1, 0.15) is 26.5 Å². The highest BCUT2D eigenvalue weighted by atomic mass is 35.5. The molecule has 1 amide bonds. The Hall–Kier alpha value is -2.41. The SMILES string of the molecule is CCc1c(NCC(=O)Nc2cc(Cl)c(OC)cc2OC)cnn1CC(C)C. The van der Waals surface area contributed by atoms with Crippen LogP contribution in [0.2, 0.25) is 5.02 Å². The summed E-state index contributed by atoms with van der Waals surface area (Å²) in [6, 6.07) is 3.24. The topological polar surface area (TPSA) is 77.4 Å². The lowest BCUT2D eigenvalue weighted by Crippen LogP contribution is -2.22. The van der Waals surface area contributed by atoms with E-state index in [1.54, 1.807) is 18.3 Å². The summed E-state index contributed by atoms with van der Waals surface area (Å²) in [6.07, 6.45) is 2.60. The molecule has 0 aliphatic heterocycles. The van der Waals surface area contributed by atoms with Crippen LogP contribution in [0.5, 0.6) is 11.5 Å². The summed E-state index contributed by atoms with van der Waals surface area (Å²) in [4.78, 5) is 12.4. The summed E-state index contributed by atoms with van der Waals surface area (Å²) in [5.41, 5.74) is 2.44. The van der Waals surface area contributed by atoms with Gasteiger partial charge < -0.3 is 20.1 Å². The Morgan fingerprint density at radius 1 is 1.22 bits per heavy atom. The molecule has 0 atom stereocenters. The molecule has 7 nitrogen and oxygen atoms in total. The van der Waals surface area contributed by atoms with Gasteiger partial charge in [-0.05, 0) is 18.4 Å². The summed E-state index contributed by atoms with van der Waals surface area (Å²) in [5, 5.41) is 10.8. The van der Waals surface area contributed by atoms with Crippen molar-refractivity contribution in [2.45, 2.75) is 33.7 Å². The molecule has 0 bridgehead atoms. The predicted octanol–water partition coefficient (Wildman–Crippen LogP) is 3.82. The Morgan fingerprint density at radius 3 is 2.52 bits per heavy atom. The van der Waals surface area contributed by atoms with Crippen molar-refractivity contribution in [1.82, 2.24) is 9.78 Å². The molecule has 0 fully saturated rings. The molecule has 0 aliphatic rings. The van der Waals surface area contributed by atoms with Gasteiger partial charge in [0, 0.05) is 12.6 Å². The third-order valence-electron chi connectivity index (χ3n) is 4.01. The van der Waals surface area contributed by atoms with Gasteiger partial charge in [0.1, 0.15) is 11.5 Å². The van der Waals surface area contributed by atoms with Crippen molar-refractivity contribution in [3.63, 3.8) is 0 Å². The smallest absolute Gasteiger partial charge is 0.243 e. The molecule has 148 valence electrons. The zero-order valence-corrected chi connectivity index (χ0v) is 17.2. The van der Waals surface area contributed by atoms with Crippen molar-refractivity contribution >= 4 is 28.9 Å². The van der Waals surface area contributed by atoms with Crippen LogP contribution in [-0.4, -0.2) is 36.5 Å². The predicted molar refractivity (Wildman–Crippen MR) is 108 cm³/mol. The van der Waals surface area contributed by atoms with Gasteiger partial charge in [-0.25, -0.2) is 0 Å². The zero-order valence-electron chi connectivity index (χ0n) is 16.4. The monoisotopic (exact) mass is 394 g/mol. The maximum atomic E-state index is 12.4. The van der Waals surface area contributed by atoms with Crippen molar-refractivity contribution in [2.75, 3.05) is 31.4 Å². The maximum Gasteiger partial charge on any atom is 0.243 e. The quantitative estimate of drug-likeness (QED) is 0.676. The molecule has 0 saturated heterocycles. The van der Waals surface area contributed by atoms with Crippen LogP contribution < -0.4 is 20.1 Å². The number of carbonyl (C=O) groups excluding carboxylic acids is 1. The highest BCUT2D eigenvalue weighted by Gasteiger charge is 2.14. The third-order valence-corrected chi connectivity index (χ3v) is 4.30. The molecule has 8 heteroatoms. The fourth-order valence-electron chi connectivity index (χ4n) is 2.76. The fourth-order valence-corrected chi connectivity index (χ4v) is 3.00. The number of halogens is 1. The molecule has 2 N–H and O–H groups in total. The van der Waals surface area contributed by atoms with Gasteiger partial charge in [0.15, 0.2) is 0 Å². The third kappa shape index (κ3) is 5.29. The van der Waals surface area contributed by atoms with Crippen LogP contribution >= 0.6 is 11.6 Å². The first kappa shape index (κ1) is 20.9.